The Morgan fingerprint density at radius 3 is 2.06 bits per heavy atom. The number of ether oxygens (including phenoxy) is 2. The van der Waals surface area contributed by atoms with Crippen LogP contribution in [0.5, 0.6) is 11.5 Å². The lowest BCUT2D eigenvalue weighted by Gasteiger charge is -2.15. The Labute approximate surface area is 113 Å². The number of anilines is 1. The van der Waals surface area contributed by atoms with Crippen LogP contribution in [0.4, 0.5) is 5.69 Å². The Morgan fingerprint density at radius 2 is 1.67 bits per heavy atom. The van der Waals surface area contributed by atoms with E-state index >= 15 is 0 Å². The van der Waals surface area contributed by atoms with Crippen LogP contribution in [0.1, 0.15) is 13.8 Å². The fourth-order valence-electron chi connectivity index (χ4n) is 1.40. The molecule has 1 unspecified atom stereocenters. The highest BCUT2D eigenvalue weighted by atomic mass is 32.1. The van der Waals surface area contributed by atoms with E-state index in [4.69, 9.17) is 9.47 Å². The number of methoxy groups -OCH3 is 2. The van der Waals surface area contributed by atoms with E-state index in [1.807, 2.05) is 13.8 Å². The number of nitrogens with one attached hydrogen (secondary N) is 1. The van der Waals surface area contributed by atoms with Gasteiger partial charge in [-0.05, 0) is 5.92 Å². The topological polar surface area (TPSA) is 47.6 Å². The molecule has 1 aromatic carbocycles. The SMILES string of the molecule is COc1cc(NC(=O)C(S)C(C)C)cc(OC)c1. The second-order valence-corrected chi connectivity index (χ2v) is 4.84. The van der Waals surface area contributed by atoms with Gasteiger partial charge in [-0.15, -0.1) is 0 Å². The van der Waals surface area contributed by atoms with E-state index in [-0.39, 0.29) is 17.1 Å². The van der Waals surface area contributed by atoms with Gasteiger partial charge in [-0.2, -0.15) is 12.6 Å². The molecular formula is C13H19NO3S. The number of rotatable bonds is 5. The second-order valence-electron chi connectivity index (χ2n) is 4.28. The lowest BCUT2D eigenvalue weighted by molar-refractivity contribution is -0.116. The fraction of sp³-hybridized carbons (Fsp3) is 0.462. The van der Waals surface area contributed by atoms with Crippen LogP contribution in [-0.2, 0) is 4.79 Å². The van der Waals surface area contributed by atoms with Gasteiger partial charge in [0.15, 0.2) is 0 Å². The Bertz CT molecular complexity index is 398. The Morgan fingerprint density at radius 1 is 1.17 bits per heavy atom. The summed E-state index contributed by atoms with van der Waals surface area (Å²) in [5.74, 6) is 1.29. The zero-order valence-electron chi connectivity index (χ0n) is 11.1. The summed E-state index contributed by atoms with van der Waals surface area (Å²) < 4.78 is 10.3. The largest absolute Gasteiger partial charge is 0.497 e. The van der Waals surface area contributed by atoms with Crippen molar-refractivity contribution in [1.29, 1.82) is 0 Å². The molecule has 5 heteroatoms. The van der Waals surface area contributed by atoms with Crippen molar-refractivity contribution >= 4 is 24.2 Å². The molecule has 0 aliphatic heterocycles. The third-order valence-corrected chi connectivity index (χ3v) is 3.35. The minimum Gasteiger partial charge on any atom is -0.497 e. The predicted octanol–water partition coefficient (Wildman–Crippen LogP) is 2.60. The van der Waals surface area contributed by atoms with Crippen molar-refractivity contribution in [2.24, 2.45) is 5.92 Å². The molecule has 100 valence electrons. The van der Waals surface area contributed by atoms with Crippen LogP contribution < -0.4 is 14.8 Å². The zero-order valence-corrected chi connectivity index (χ0v) is 12.0. The first kappa shape index (κ1) is 14.7. The van der Waals surface area contributed by atoms with Gasteiger partial charge in [0.2, 0.25) is 5.91 Å². The molecule has 1 amide bonds. The number of amides is 1. The first-order valence-corrected chi connectivity index (χ1v) is 6.21. The quantitative estimate of drug-likeness (QED) is 0.808. The first-order chi connectivity index (χ1) is 8.47. The van der Waals surface area contributed by atoms with Crippen molar-refractivity contribution in [2.45, 2.75) is 19.1 Å². The van der Waals surface area contributed by atoms with Crippen molar-refractivity contribution in [1.82, 2.24) is 0 Å². The van der Waals surface area contributed by atoms with Crippen molar-refractivity contribution in [3.63, 3.8) is 0 Å². The fourth-order valence-corrected chi connectivity index (χ4v) is 1.46. The molecule has 0 heterocycles. The van der Waals surface area contributed by atoms with Gasteiger partial charge in [0.25, 0.3) is 0 Å². The van der Waals surface area contributed by atoms with Crippen LogP contribution in [0.15, 0.2) is 18.2 Å². The van der Waals surface area contributed by atoms with Crippen molar-refractivity contribution in [3.8, 4) is 11.5 Å². The zero-order chi connectivity index (χ0) is 13.7. The monoisotopic (exact) mass is 269 g/mol. The molecular weight excluding hydrogens is 250 g/mol. The molecule has 0 aliphatic carbocycles. The Balaban J connectivity index is 2.86. The average Bonchev–Trinajstić information content (AvgIpc) is 2.36. The summed E-state index contributed by atoms with van der Waals surface area (Å²) in [4.78, 5) is 11.9. The summed E-state index contributed by atoms with van der Waals surface area (Å²) in [6.07, 6.45) is 0. The van der Waals surface area contributed by atoms with E-state index in [1.54, 1.807) is 32.4 Å². The molecule has 1 N–H and O–H groups in total. The molecule has 0 fully saturated rings. The number of carbonyl (C=O) groups is 1. The molecule has 0 spiro atoms. The molecule has 1 rings (SSSR count). The number of benzene rings is 1. The number of hydrogen-bond donors (Lipinski definition) is 2. The molecule has 0 saturated carbocycles. The number of thiol groups is 1. The molecule has 0 bridgehead atoms. The molecule has 0 saturated heterocycles. The van der Waals surface area contributed by atoms with Gasteiger partial charge >= 0.3 is 0 Å². The molecule has 18 heavy (non-hydrogen) atoms. The van der Waals surface area contributed by atoms with Crippen molar-refractivity contribution < 1.29 is 14.3 Å². The maximum Gasteiger partial charge on any atom is 0.237 e. The van der Waals surface area contributed by atoms with Gasteiger partial charge < -0.3 is 14.8 Å². The summed E-state index contributed by atoms with van der Waals surface area (Å²) in [7, 11) is 3.13. The Kier molecular flexibility index (Phi) is 5.34. The summed E-state index contributed by atoms with van der Waals surface area (Å²) >= 11 is 4.27. The highest BCUT2D eigenvalue weighted by molar-refractivity contribution is 7.81. The van der Waals surface area contributed by atoms with Crippen molar-refractivity contribution in [3.05, 3.63) is 18.2 Å². The van der Waals surface area contributed by atoms with Gasteiger partial charge in [-0.1, -0.05) is 13.8 Å². The lowest BCUT2D eigenvalue weighted by Crippen LogP contribution is -2.27. The van der Waals surface area contributed by atoms with Gasteiger partial charge in [0.1, 0.15) is 11.5 Å². The summed E-state index contributed by atoms with van der Waals surface area (Å²) in [5.41, 5.74) is 0.635. The van der Waals surface area contributed by atoms with Crippen LogP contribution >= 0.6 is 12.6 Å². The molecule has 1 atom stereocenters. The second kappa shape index (κ2) is 6.54. The van der Waals surface area contributed by atoms with Crippen LogP contribution in [0.25, 0.3) is 0 Å². The third kappa shape index (κ3) is 3.84. The minimum absolute atomic E-state index is 0.136. The lowest BCUT2D eigenvalue weighted by atomic mass is 10.1. The normalized spacial score (nSPS) is 12.1. The summed E-state index contributed by atoms with van der Waals surface area (Å²) in [6, 6.07) is 5.22. The molecule has 4 nitrogen and oxygen atoms in total. The minimum atomic E-state index is -0.345. The van der Waals surface area contributed by atoms with E-state index in [1.165, 1.54) is 0 Å². The van der Waals surface area contributed by atoms with E-state index in [0.717, 1.165) is 0 Å². The predicted molar refractivity (Wildman–Crippen MR) is 75.8 cm³/mol. The summed E-state index contributed by atoms with van der Waals surface area (Å²) in [5, 5.41) is 2.45. The highest BCUT2D eigenvalue weighted by Gasteiger charge is 2.18. The molecule has 0 aromatic heterocycles. The Hall–Kier alpha value is -1.36. The average molecular weight is 269 g/mol. The smallest absolute Gasteiger partial charge is 0.237 e. The maximum absolute atomic E-state index is 11.9. The van der Waals surface area contributed by atoms with E-state index in [2.05, 4.69) is 17.9 Å². The van der Waals surface area contributed by atoms with Crippen LogP contribution in [0.3, 0.4) is 0 Å². The number of carbonyl (C=O) groups excluding carboxylic acids is 1. The van der Waals surface area contributed by atoms with E-state index in [9.17, 15) is 4.79 Å². The summed E-state index contributed by atoms with van der Waals surface area (Å²) in [6.45, 7) is 3.90. The number of hydrogen-bond acceptors (Lipinski definition) is 4. The van der Waals surface area contributed by atoms with Gasteiger partial charge in [-0.3, -0.25) is 4.79 Å². The molecule has 1 aromatic rings. The van der Waals surface area contributed by atoms with Gasteiger partial charge in [0.05, 0.1) is 19.5 Å². The van der Waals surface area contributed by atoms with Crippen LogP contribution in [0, 0.1) is 5.92 Å². The van der Waals surface area contributed by atoms with Crippen LogP contribution in [0.2, 0.25) is 0 Å². The first-order valence-electron chi connectivity index (χ1n) is 5.70. The van der Waals surface area contributed by atoms with E-state index in [0.29, 0.717) is 17.2 Å². The van der Waals surface area contributed by atoms with Gasteiger partial charge in [0, 0.05) is 23.9 Å². The molecule has 0 aliphatic rings. The standard InChI is InChI=1S/C13H19NO3S/c1-8(2)12(18)13(15)14-9-5-10(16-3)7-11(6-9)17-4/h5-8,12,18H,1-4H3,(H,14,15). The van der Waals surface area contributed by atoms with Gasteiger partial charge in [-0.25, -0.2) is 0 Å². The molecule has 0 radical (unpaired) electrons. The van der Waals surface area contributed by atoms with Crippen LogP contribution in [-0.4, -0.2) is 25.4 Å². The highest BCUT2D eigenvalue weighted by Crippen LogP contribution is 2.26. The van der Waals surface area contributed by atoms with Crippen molar-refractivity contribution in [2.75, 3.05) is 19.5 Å². The third-order valence-electron chi connectivity index (χ3n) is 2.52. The maximum atomic E-state index is 11.9. The van der Waals surface area contributed by atoms with E-state index < -0.39 is 0 Å².